The van der Waals surface area contributed by atoms with Gasteiger partial charge in [-0.3, -0.25) is 0 Å². The molecule has 1 heterocycles. The number of rotatable bonds is 3. The van der Waals surface area contributed by atoms with Crippen LogP contribution in [0.15, 0.2) is 16.7 Å². The molecule has 15 heavy (non-hydrogen) atoms. The standard InChI is InChI=1S/C12H18O3/c1-9-5-7-14-10(9)11(13)15-8-6-12(2,3)4/h5,7H,6,8H2,1-4H3. The number of esters is 1. The molecule has 3 heteroatoms. The highest BCUT2D eigenvalue weighted by Gasteiger charge is 2.16. The van der Waals surface area contributed by atoms with Crippen molar-refractivity contribution in [2.24, 2.45) is 5.41 Å². The lowest BCUT2D eigenvalue weighted by molar-refractivity contribution is 0.0428. The molecular formula is C12H18O3. The highest BCUT2D eigenvalue weighted by molar-refractivity contribution is 5.87. The summed E-state index contributed by atoms with van der Waals surface area (Å²) in [5.41, 5.74) is 0.995. The molecule has 0 bridgehead atoms. The van der Waals surface area contributed by atoms with Crippen LogP contribution in [0.4, 0.5) is 0 Å². The topological polar surface area (TPSA) is 39.4 Å². The van der Waals surface area contributed by atoms with E-state index < -0.39 is 0 Å². The SMILES string of the molecule is Cc1ccoc1C(=O)OCCC(C)(C)C. The first kappa shape index (κ1) is 11.8. The minimum absolute atomic E-state index is 0.179. The van der Waals surface area contributed by atoms with E-state index in [-0.39, 0.29) is 11.4 Å². The summed E-state index contributed by atoms with van der Waals surface area (Å²) in [6.07, 6.45) is 2.34. The Morgan fingerprint density at radius 3 is 2.60 bits per heavy atom. The molecule has 1 aromatic heterocycles. The second-order valence-corrected chi connectivity index (χ2v) is 4.88. The zero-order valence-corrected chi connectivity index (χ0v) is 9.79. The molecular weight excluding hydrogens is 192 g/mol. The van der Waals surface area contributed by atoms with E-state index in [1.54, 1.807) is 6.07 Å². The van der Waals surface area contributed by atoms with E-state index in [0.717, 1.165) is 12.0 Å². The van der Waals surface area contributed by atoms with Gasteiger partial charge in [-0.05, 0) is 24.8 Å². The molecule has 0 radical (unpaired) electrons. The van der Waals surface area contributed by atoms with Gasteiger partial charge in [0, 0.05) is 5.56 Å². The van der Waals surface area contributed by atoms with Crippen molar-refractivity contribution in [1.82, 2.24) is 0 Å². The first-order valence-corrected chi connectivity index (χ1v) is 5.11. The summed E-state index contributed by atoms with van der Waals surface area (Å²) in [4.78, 5) is 11.5. The van der Waals surface area contributed by atoms with E-state index >= 15 is 0 Å². The number of ether oxygens (including phenoxy) is 1. The van der Waals surface area contributed by atoms with Gasteiger partial charge in [0.05, 0.1) is 12.9 Å². The second kappa shape index (κ2) is 4.51. The summed E-state index contributed by atoms with van der Waals surface area (Å²) in [7, 11) is 0. The number of hydrogen-bond donors (Lipinski definition) is 0. The molecule has 0 N–H and O–H groups in total. The Kier molecular flexibility index (Phi) is 3.56. The minimum Gasteiger partial charge on any atom is -0.460 e. The van der Waals surface area contributed by atoms with Gasteiger partial charge in [0.2, 0.25) is 5.76 Å². The van der Waals surface area contributed by atoms with Crippen molar-refractivity contribution >= 4 is 5.97 Å². The Balaban J connectivity index is 2.41. The maximum atomic E-state index is 11.5. The monoisotopic (exact) mass is 210 g/mol. The molecule has 0 spiro atoms. The third-order valence-electron chi connectivity index (χ3n) is 2.13. The predicted octanol–water partition coefficient (Wildman–Crippen LogP) is 3.18. The summed E-state index contributed by atoms with van der Waals surface area (Å²) in [5, 5.41) is 0. The Labute approximate surface area is 90.4 Å². The van der Waals surface area contributed by atoms with Crippen LogP contribution in [0.1, 0.15) is 43.3 Å². The maximum absolute atomic E-state index is 11.5. The molecule has 0 amide bonds. The molecule has 0 aromatic carbocycles. The molecule has 0 unspecified atom stereocenters. The second-order valence-electron chi connectivity index (χ2n) is 4.88. The highest BCUT2D eigenvalue weighted by Crippen LogP contribution is 2.18. The smallest absolute Gasteiger partial charge is 0.374 e. The van der Waals surface area contributed by atoms with Crippen LogP contribution in [0.2, 0.25) is 0 Å². The number of furan rings is 1. The van der Waals surface area contributed by atoms with Gasteiger partial charge in [0.15, 0.2) is 0 Å². The number of carbonyl (C=O) groups excluding carboxylic acids is 1. The minimum atomic E-state index is -0.373. The van der Waals surface area contributed by atoms with E-state index in [1.807, 2.05) is 6.92 Å². The lowest BCUT2D eigenvalue weighted by Gasteiger charge is -2.17. The van der Waals surface area contributed by atoms with Crippen molar-refractivity contribution in [3.63, 3.8) is 0 Å². The van der Waals surface area contributed by atoms with Gasteiger partial charge in [0.1, 0.15) is 0 Å². The first-order valence-electron chi connectivity index (χ1n) is 5.11. The Hall–Kier alpha value is -1.25. The molecule has 1 rings (SSSR count). The van der Waals surface area contributed by atoms with Gasteiger partial charge in [-0.15, -0.1) is 0 Å². The van der Waals surface area contributed by atoms with Gasteiger partial charge in [-0.25, -0.2) is 4.79 Å². The molecule has 0 aliphatic rings. The average Bonchev–Trinajstić information content (AvgIpc) is 2.48. The molecule has 84 valence electrons. The molecule has 0 saturated heterocycles. The zero-order valence-electron chi connectivity index (χ0n) is 9.79. The number of hydrogen-bond acceptors (Lipinski definition) is 3. The highest BCUT2D eigenvalue weighted by atomic mass is 16.5. The van der Waals surface area contributed by atoms with Crippen LogP contribution in [0.25, 0.3) is 0 Å². The third-order valence-corrected chi connectivity index (χ3v) is 2.13. The lowest BCUT2D eigenvalue weighted by Crippen LogP contribution is -2.13. The van der Waals surface area contributed by atoms with E-state index in [9.17, 15) is 4.79 Å². The van der Waals surface area contributed by atoms with Crippen LogP contribution >= 0.6 is 0 Å². The number of aryl methyl sites for hydroxylation is 1. The van der Waals surface area contributed by atoms with E-state index in [2.05, 4.69) is 20.8 Å². The van der Waals surface area contributed by atoms with Crippen molar-refractivity contribution in [1.29, 1.82) is 0 Å². The summed E-state index contributed by atoms with van der Waals surface area (Å²) in [5.74, 6) is -0.0642. The van der Waals surface area contributed by atoms with Gasteiger partial charge in [-0.2, -0.15) is 0 Å². The quantitative estimate of drug-likeness (QED) is 0.719. The number of carbonyl (C=O) groups is 1. The Morgan fingerprint density at radius 2 is 2.13 bits per heavy atom. The maximum Gasteiger partial charge on any atom is 0.374 e. The molecule has 3 nitrogen and oxygen atoms in total. The first-order chi connectivity index (χ1) is 6.90. The summed E-state index contributed by atoms with van der Waals surface area (Å²) in [6.45, 7) is 8.59. The van der Waals surface area contributed by atoms with Crippen LogP contribution < -0.4 is 0 Å². The zero-order chi connectivity index (χ0) is 11.5. The Bertz CT molecular complexity index is 331. The lowest BCUT2D eigenvalue weighted by atomic mass is 9.93. The third kappa shape index (κ3) is 3.78. The normalized spacial score (nSPS) is 11.5. The predicted molar refractivity (Wildman–Crippen MR) is 57.8 cm³/mol. The molecule has 0 saturated carbocycles. The van der Waals surface area contributed by atoms with E-state index in [0.29, 0.717) is 12.4 Å². The molecule has 0 fully saturated rings. The van der Waals surface area contributed by atoms with Gasteiger partial charge in [0.25, 0.3) is 0 Å². The van der Waals surface area contributed by atoms with Gasteiger partial charge < -0.3 is 9.15 Å². The van der Waals surface area contributed by atoms with E-state index in [4.69, 9.17) is 9.15 Å². The average molecular weight is 210 g/mol. The van der Waals surface area contributed by atoms with Gasteiger partial charge >= 0.3 is 5.97 Å². The fourth-order valence-corrected chi connectivity index (χ4v) is 1.10. The molecule has 0 aliphatic heterocycles. The van der Waals surface area contributed by atoms with Gasteiger partial charge in [-0.1, -0.05) is 20.8 Å². The van der Waals surface area contributed by atoms with E-state index in [1.165, 1.54) is 6.26 Å². The fourth-order valence-electron chi connectivity index (χ4n) is 1.10. The fraction of sp³-hybridized carbons (Fsp3) is 0.583. The van der Waals surface area contributed by atoms with Crippen molar-refractivity contribution in [3.8, 4) is 0 Å². The van der Waals surface area contributed by atoms with Crippen LogP contribution in [0.3, 0.4) is 0 Å². The molecule has 0 atom stereocenters. The van der Waals surface area contributed by atoms with Crippen LogP contribution in [-0.2, 0) is 4.74 Å². The van der Waals surface area contributed by atoms with Crippen LogP contribution in [0, 0.1) is 12.3 Å². The molecule has 1 aromatic rings. The summed E-state index contributed by atoms with van der Waals surface area (Å²) in [6, 6.07) is 1.75. The van der Waals surface area contributed by atoms with Crippen molar-refractivity contribution in [2.75, 3.05) is 6.61 Å². The van der Waals surface area contributed by atoms with Crippen molar-refractivity contribution < 1.29 is 13.9 Å². The Morgan fingerprint density at radius 1 is 1.47 bits per heavy atom. The molecule has 0 aliphatic carbocycles. The summed E-state index contributed by atoms with van der Waals surface area (Å²) < 4.78 is 10.1. The summed E-state index contributed by atoms with van der Waals surface area (Å²) >= 11 is 0. The van der Waals surface area contributed by atoms with Crippen molar-refractivity contribution in [2.45, 2.75) is 34.1 Å². The van der Waals surface area contributed by atoms with Crippen LogP contribution in [0.5, 0.6) is 0 Å². The largest absolute Gasteiger partial charge is 0.460 e. The van der Waals surface area contributed by atoms with Crippen molar-refractivity contribution in [3.05, 3.63) is 23.7 Å². The van der Waals surface area contributed by atoms with Crippen LogP contribution in [-0.4, -0.2) is 12.6 Å².